The van der Waals surface area contributed by atoms with Crippen molar-refractivity contribution in [3.63, 3.8) is 0 Å². The maximum absolute atomic E-state index is 11.2. The van der Waals surface area contributed by atoms with Gasteiger partial charge in [0.2, 0.25) is 0 Å². The largest absolute Gasteiger partial charge is 0.449 e. The van der Waals surface area contributed by atoms with E-state index < -0.39 is 16.4 Å². The monoisotopic (exact) mass is 390 g/mol. The lowest BCUT2D eigenvalue weighted by Crippen LogP contribution is -2.09. The van der Waals surface area contributed by atoms with E-state index in [4.69, 9.17) is 4.55 Å². The Morgan fingerprint density at radius 1 is 0.923 bits per heavy atom. The molecular formula is C20H38O5S. The van der Waals surface area contributed by atoms with Crippen LogP contribution in [0.1, 0.15) is 92.4 Å². The van der Waals surface area contributed by atoms with Crippen LogP contribution in [0.15, 0.2) is 11.6 Å². The Labute approximate surface area is 160 Å². The van der Waals surface area contributed by atoms with E-state index in [1.807, 2.05) is 0 Å². The second-order valence-corrected chi connectivity index (χ2v) is 9.20. The van der Waals surface area contributed by atoms with Gasteiger partial charge in [0.1, 0.15) is 0 Å². The molecule has 0 amide bonds. The molecule has 6 heteroatoms. The molecule has 154 valence electrons. The third kappa shape index (κ3) is 16.6. The zero-order chi connectivity index (χ0) is 20.2. The van der Waals surface area contributed by atoms with Crippen molar-refractivity contribution in [2.75, 3.05) is 0 Å². The number of allylic oxidation sites excluding steroid dienone is 1. The van der Waals surface area contributed by atoms with Crippen LogP contribution >= 0.6 is 0 Å². The number of hydrogen-bond donors (Lipinski definition) is 1. The third-order valence-corrected chi connectivity index (χ3v) is 5.07. The molecule has 0 saturated carbocycles. The minimum Gasteiger partial charge on any atom is -0.321 e. The van der Waals surface area contributed by atoms with Crippen molar-refractivity contribution in [2.45, 2.75) is 92.4 Å². The van der Waals surface area contributed by atoms with Gasteiger partial charge in [-0.05, 0) is 37.5 Å². The summed E-state index contributed by atoms with van der Waals surface area (Å²) in [6.45, 7) is 10.9. The lowest BCUT2D eigenvalue weighted by atomic mass is 9.91. The first-order valence-corrected chi connectivity index (χ1v) is 11.2. The van der Waals surface area contributed by atoms with E-state index in [0.717, 1.165) is 42.7 Å². The molecule has 0 aromatic rings. The van der Waals surface area contributed by atoms with Gasteiger partial charge in [0, 0.05) is 6.08 Å². The Balaban J connectivity index is 3.85. The van der Waals surface area contributed by atoms with Crippen molar-refractivity contribution in [2.24, 2.45) is 17.8 Å². The molecule has 5 nitrogen and oxygen atoms in total. The van der Waals surface area contributed by atoms with Crippen LogP contribution in [0.5, 0.6) is 0 Å². The molecule has 0 aromatic heterocycles. The van der Waals surface area contributed by atoms with Gasteiger partial charge in [-0.15, -0.1) is 0 Å². The van der Waals surface area contributed by atoms with E-state index in [1.165, 1.54) is 38.5 Å². The van der Waals surface area contributed by atoms with Crippen molar-refractivity contribution >= 4 is 16.4 Å². The first kappa shape index (κ1) is 25.1. The fourth-order valence-electron chi connectivity index (χ4n) is 3.11. The SMILES string of the molecule is C/C(=C\C(=O)OS(=O)(=O)O)CCC[C@H](C)CCC[C@H](C)CCCC(C)C. The van der Waals surface area contributed by atoms with E-state index in [2.05, 4.69) is 31.9 Å². The molecule has 0 spiro atoms. The second kappa shape index (κ2) is 13.3. The molecule has 0 bridgehead atoms. The second-order valence-electron chi connectivity index (χ2n) is 8.18. The van der Waals surface area contributed by atoms with Crippen LogP contribution in [-0.4, -0.2) is 18.9 Å². The van der Waals surface area contributed by atoms with Crippen LogP contribution in [0.3, 0.4) is 0 Å². The van der Waals surface area contributed by atoms with Gasteiger partial charge in [-0.3, -0.25) is 4.55 Å². The van der Waals surface area contributed by atoms with Crippen molar-refractivity contribution in [3.05, 3.63) is 11.6 Å². The van der Waals surface area contributed by atoms with Crippen LogP contribution in [0, 0.1) is 17.8 Å². The molecule has 1 N–H and O–H groups in total. The molecule has 0 saturated heterocycles. The molecule has 26 heavy (non-hydrogen) atoms. The number of carbonyl (C=O) groups excluding carboxylic acids is 1. The summed E-state index contributed by atoms with van der Waals surface area (Å²) in [5, 5.41) is 0. The number of hydrogen-bond acceptors (Lipinski definition) is 4. The van der Waals surface area contributed by atoms with Gasteiger partial charge in [-0.2, -0.15) is 8.42 Å². The molecule has 0 aliphatic rings. The van der Waals surface area contributed by atoms with Crippen molar-refractivity contribution < 1.29 is 21.9 Å². The summed E-state index contributed by atoms with van der Waals surface area (Å²) in [5.74, 6) is 1.20. The van der Waals surface area contributed by atoms with Gasteiger partial charge in [-0.25, -0.2) is 4.79 Å². The average molecular weight is 391 g/mol. The van der Waals surface area contributed by atoms with Crippen LogP contribution in [-0.2, 0) is 19.4 Å². The standard InChI is InChI=1S/C20H38O5S/c1-16(2)9-6-10-17(3)11-7-12-18(4)13-8-14-19(5)15-20(21)25-26(22,23)24/h15-18H,6-14H2,1-5H3,(H,22,23,24)/b19-15+/t17-,18-/m1/s1. The first-order valence-electron chi connectivity index (χ1n) is 9.87. The van der Waals surface area contributed by atoms with E-state index >= 15 is 0 Å². The van der Waals surface area contributed by atoms with Gasteiger partial charge < -0.3 is 4.18 Å². The summed E-state index contributed by atoms with van der Waals surface area (Å²) < 4.78 is 33.2. The molecular weight excluding hydrogens is 352 g/mol. The van der Waals surface area contributed by atoms with Crippen LogP contribution < -0.4 is 0 Å². The summed E-state index contributed by atoms with van der Waals surface area (Å²) in [7, 11) is -4.72. The summed E-state index contributed by atoms with van der Waals surface area (Å²) in [6.07, 6.45) is 11.6. The lowest BCUT2D eigenvalue weighted by molar-refractivity contribution is -0.129. The van der Waals surface area contributed by atoms with Gasteiger partial charge >= 0.3 is 16.4 Å². The fourth-order valence-corrected chi connectivity index (χ4v) is 3.36. The molecule has 0 radical (unpaired) electrons. The smallest absolute Gasteiger partial charge is 0.321 e. The highest BCUT2D eigenvalue weighted by Gasteiger charge is 2.11. The van der Waals surface area contributed by atoms with Crippen LogP contribution in [0.4, 0.5) is 0 Å². The third-order valence-electron chi connectivity index (χ3n) is 4.69. The number of rotatable bonds is 14. The molecule has 0 rings (SSSR count). The highest BCUT2D eigenvalue weighted by atomic mass is 32.3. The van der Waals surface area contributed by atoms with Gasteiger partial charge in [-0.1, -0.05) is 78.2 Å². The van der Waals surface area contributed by atoms with E-state index in [0.29, 0.717) is 5.92 Å². The number of carbonyl (C=O) groups is 1. The van der Waals surface area contributed by atoms with E-state index in [-0.39, 0.29) is 0 Å². The summed E-state index contributed by atoms with van der Waals surface area (Å²) >= 11 is 0. The quantitative estimate of drug-likeness (QED) is 0.303. The molecule has 0 fully saturated rings. The Morgan fingerprint density at radius 3 is 1.85 bits per heavy atom. The fraction of sp³-hybridized carbons (Fsp3) is 0.850. The summed E-state index contributed by atoms with van der Waals surface area (Å²) in [6, 6.07) is 0. The van der Waals surface area contributed by atoms with Gasteiger partial charge in [0.05, 0.1) is 0 Å². The Bertz CT molecular complexity index is 522. The van der Waals surface area contributed by atoms with Crippen molar-refractivity contribution in [1.82, 2.24) is 0 Å². The molecule has 0 heterocycles. The Morgan fingerprint density at radius 2 is 1.38 bits per heavy atom. The van der Waals surface area contributed by atoms with E-state index in [1.54, 1.807) is 6.92 Å². The summed E-state index contributed by atoms with van der Waals surface area (Å²) in [5.41, 5.74) is 0.754. The van der Waals surface area contributed by atoms with Gasteiger partial charge in [0.25, 0.3) is 0 Å². The maximum atomic E-state index is 11.2. The molecule has 2 atom stereocenters. The molecule has 0 aliphatic heterocycles. The topological polar surface area (TPSA) is 80.7 Å². The van der Waals surface area contributed by atoms with Crippen LogP contribution in [0.25, 0.3) is 0 Å². The van der Waals surface area contributed by atoms with Crippen LogP contribution in [0.2, 0.25) is 0 Å². The predicted octanol–water partition coefficient (Wildman–Crippen LogP) is 5.72. The first-order chi connectivity index (χ1) is 12.0. The highest BCUT2D eigenvalue weighted by molar-refractivity contribution is 7.81. The Kier molecular flexibility index (Phi) is 12.9. The molecule has 0 unspecified atom stereocenters. The van der Waals surface area contributed by atoms with E-state index in [9.17, 15) is 13.2 Å². The lowest BCUT2D eigenvalue weighted by Gasteiger charge is -2.15. The minimum absolute atomic E-state index is 0.649. The summed E-state index contributed by atoms with van der Waals surface area (Å²) in [4.78, 5) is 11.2. The average Bonchev–Trinajstić information content (AvgIpc) is 2.44. The maximum Gasteiger partial charge on any atom is 0.449 e. The van der Waals surface area contributed by atoms with Gasteiger partial charge in [0.15, 0.2) is 0 Å². The molecule has 0 aliphatic carbocycles. The zero-order valence-corrected chi connectivity index (χ0v) is 18.0. The minimum atomic E-state index is -4.72. The van der Waals surface area contributed by atoms with Crippen molar-refractivity contribution in [3.8, 4) is 0 Å². The predicted molar refractivity (Wildman–Crippen MR) is 106 cm³/mol. The Hall–Kier alpha value is -0.880. The molecule has 0 aromatic carbocycles. The zero-order valence-electron chi connectivity index (χ0n) is 17.2. The van der Waals surface area contributed by atoms with Crippen molar-refractivity contribution in [1.29, 1.82) is 0 Å². The highest BCUT2D eigenvalue weighted by Crippen LogP contribution is 2.22. The normalized spacial score (nSPS) is 15.1.